The largest absolute Gasteiger partial charge is 0.493 e. The second-order valence-electron chi connectivity index (χ2n) is 9.00. The highest BCUT2D eigenvalue weighted by Gasteiger charge is 2.33. The Labute approximate surface area is 249 Å². The van der Waals surface area contributed by atoms with Gasteiger partial charge in [-0.05, 0) is 58.3 Å². The van der Waals surface area contributed by atoms with Gasteiger partial charge in [0, 0.05) is 9.13 Å². The Bertz CT molecular complexity index is 1760. The van der Waals surface area contributed by atoms with E-state index in [4.69, 9.17) is 19.2 Å². The average molecular weight is 667 g/mol. The molecule has 9 heteroatoms. The van der Waals surface area contributed by atoms with Gasteiger partial charge in [0.1, 0.15) is 6.61 Å². The number of carbonyl (C=O) groups excluding carboxylic acids is 1. The fourth-order valence-corrected chi connectivity index (χ4v) is 6.32. The van der Waals surface area contributed by atoms with Crippen molar-refractivity contribution in [3.05, 3.63) is 124 Å². The maximum absolute atomic E-state index is 14.0. The number of aromatic nitrogens is 1. The number of carbonyl (C=O) groups is 1. The number of esters is 1. The van der Waals surface area contributed by atoms with Crippen LogP contribution in [-0.2, 0) is 16.1 Å². The summed E-state index contributed by atoms with van der Waals surface area (Å²) in [6, 6.07) is 22.5. The van der Waals surface area contributed by atoms with E-state index in [9.17, 15) is 9.59 Å². The third kappa shape index (κ3) is 5.48. The van der Waals surface area contributed by atoms with E-state index in [1.165, 1.54) is 18.4 Å². The summed E-state index contributed by atoms with van der Waals surface area (Å²) in [6.45, 7) is 2.28. The number of allylic oxidation sites excluding steroid dienone is 1. The molecule has 0 unspecified atom stereocenters. The van der Waals surface area contributed by atoms with Gasteiger partial charge in [0.2, 0.25) is 0 Å². The Morgan fingerprint density at radius 3 is 2.42 bits per heavy atom. The lowest BCUT2D eigenvalue weighted by molar-refractivity contribution is -0.136. The first-order chi connectivity index (χ1) is 19.4. The molecule has 0 bridgehead atoms. The van der Waals surface area contributed by atoms with Gasteiger partial charge < -0.3 is 14.2 Å². The minimum absolute atomic E-state index is 0.249. The van der Waals surface area contributed by atoms with E-state index in [1.54, 1.807) is 11.7 Å². The molecular weight excluding hydrogens is 639 g/mol. The molecule has 0 fully saturated rings. The van der Waals surface area contributed by atoms with Crippen LogP contribution in [0.1, 0.15) is 36.1 Å². The van der Waals surface area contributed by atoms with Crippen LogP contribution in [0, 0.1) is 3.57 Å². The topological polar surface area (TPSA) is 79.1 Å². The van der Waals surface area contributed by atoms with Gasteiger partial charge in [-0.2, -0.15) is 0 Å². The zero-order chi connectivity index (χ0) is 28.2. The number of hydrogen-bond donors (Lipinski definition) is 0. The number of halogens is 1. The van der Waals surface area contributed by atoms with Gasteiger partial charge in [0.25, 0.3) is 5.56 Å². The van der Waals surface area contributed by atoms with Gasteiger partial charge in [-0.1, -0.05) is 78.9 Å². The van der Waals surface area contributed by atoms with Crippen LogP contribution in [0.5, 0.6) is 11.5 Å². The van der Waals surface area contributed by atoms with E-state index in [0.717, 1.165) is 14.7 Å². The number of fused-ring (bicyclic) bond motifs is 1. The molecule has 0 amide bonds. The summed E-state index contributed by atoms with van der Waals surface area (Å²) < 4.78 is 20.0. The summed E-state index contributed by atoms with van der Waals surface area (Å²) in [4.78, 5) is 32.3. The Kier molecular flexibility index (Phi) is 8.51. The number of ether oxygens (including phenoxy) is 3. The Morgan fingerprint density at radius 1 is 1.07 bits per heavy atom. The fraction of sp³-hybridized carbons (Fsp3) is 0.194. The smallest absolute Gasteiger partial charge is 0.338 e. The van der Waals surface area contributed by atoms with Crippen molar-refractivity contribution >= 4 is 46.0 Å². The Morgan fingerprint density at radius 2 is 1.77 bits per heavy atom. The van der Waals surface area contributed by atoms with Crippen LogP contribution in [0.15, 0.2) is 93.9 Å². The minimum Gasteiger partial charge on any atom is -0.493 e. The molecule has 1 aromatic heterocycles. The highest BCUT2D eigenvalue weighted by atomic mass is 127. The maximum Gasteiger partial charge on any atom is 0.338 e. The predicted octanol–water partition coefficient (Wildman–Crippen LogP) is 4.99. The van der Waals surface area contributed by atoms with Crippen LogP contribution in [0.3, 0.4) is 0 Å². The third-order valence-corrected chi connectivity index (χ3v) is 8.15. The van der Waals surface area contributed by atoms with E-state index in [1.807, 2.05) is 85.8 Å². The molecule has 0 saturated carbocycles. The molecule has 0 N–H and O–H groups in total. The molecule has 0 spiro atoms. The van der Waals surface area contributed by atoms with E-state index >= 15 is 0 Å². The molecule has 204 valence electrons. The lowest BCUT2D eigenvalue weighted by Crippen LogP contribution is -2.40. The van der Waals surface area contributed by atoms with Gasteiger partial charge in [-0.15, -0.1) is 0 Å². The molecule has 0 aliphatic carbocycles. The monoisotopic (exact) mass is 666 g/mol. The van der Waals surface area contributed by atoms with Gasteiger partial charge in [0.05, 0.1) is 36.1 Å². The van der Waals surface area contributed by atoms with Crippen molar-refractivity contribution < 1.29 is 19.0 Å². The molecule has 1 aliphatic heterocycles. The molecule has 3 aromatic carbocycles. The van der Waals surface area contributed by atoms with Crippen LogP contribution >= 0.6 is 33.9 Å². The number of rotatable bonds is 8. The molecule has 7 nitrogen and oxygen atoms in total. The minimum atomic E-state index is -0.652. The lowest BCUT2D eigenvalue weighted by Gasteiger charge is -2.25. The van der Waals surface area contributed by atoms with E-state index in [0.29, 0.717) is 50.7 Å². The SMILES string of the molecule is CCC1=C(C(=O)OC)[C@@H](c2ccccc2)n2c(s/c(=C/c3cc(I)cc(OC)c3OCc3ccccc3)c2=O)=N1. The van der Waals surface area contributed by atoms with Crippen LogP contribution in [0.2, 0.25) is 0 Å². The molecule has 0 saturated heterocycles. The molecule has 40 heavy (non-hydrogen) atoms. The first kappa shape index (κ1) is 27.9. The van der Waals surface area contributed by atoms with Crippen LogP contribution in [-0.4, -0.2) is 24.8 Å². The van der Waals surface area contributed by atoms with Crippen molar-refractivity contribution in [3.63, 3.8) is 0 Å². The van der Waals surface area contributed by atoms with Crippen LogP contribution < -0.4 is 24.4 Å². The van der Waals surface area contributed by atoms with Crippen LogP contribution in [0.4, 0.5) is 0 Å². The highest BCUT2D eigenvalue weighted by molar-refractivity contribution is 14.1. The molecule has 1 atom stereocenters. The van der Waals surface area contributed by atoms with Crippen molar-refractivity contribution in [3.8, 4) is 11.5 Å². The van der Waals surface area contributed by atoms with Gasteiger partial charge in [0.15, 0.2) is 16.3 Å². The van der Waals surface area contributed by atoms with Crippen molar-refractivity contribution in [2.75, 3.05) is 14.2 Å². The summed E-state index contributed by atoms with van der Waals surface area (Å²) in [5.74, 6) is 0.620. The number of thiazole rings is 1. The van der Waals surface area contributed by atoms with Crippen molar-refractivity contribution in [1.29, 1.82) is 0 Å². The summed E-state index contributed by atoms with van der Waals surface area (Å²) in [5.41, 5.74) is 3.26. The van der Waals surface area contributed by atoms with Gasteiger partial charge >= 0.3 is 5.97 Å². The van der Waals surface area contributed by atoms with Crippen molar-refractivity contribution in [1.82, 2.24) is 4.57 Å². The summed E-state index contributed by atoms with van der Waals surface area (Å²) in [6.07, 6.45) is 2.33. The molecular formula is C31H27IN2O5S. The van der Waals surface area contributed by atoms with Crippen molar-refractivity contribution in [2.24, 2.45) is 4.99 Å². The second-order valence-corrected chi connectivity index (χ2v) is 11.3. The molecule has 1 aliphatic rings. The Hall–Kier alpha value is -3.70. The normalized spacial score (nSPS) is 14.9. The number of hydrogen-bond acceptors (Lipinski definition) is 7. The average Bonchev–Trinajstić information content (AvgIpc) is 3.29. The first-order valence-electron chi connectivity index (χ1n) is 12.7. The summed E-state index contributed by atoms with van der Waals surface area (Å²) in [7, 11) is 2.94. The van der Waals surface area contributed by atoms with Gasteiger partial charge in [-0.3, -0.25) is 9.36 Å². The lowest BCUT2D eigenvalue weighted by atomic mass is 9.95. The van der Waals surface area contributed by atoms with E-state index in [2.05, 4.69) is 22.6 Å². The molecule has 0 radical (unpaired) electrons. The first-order valence-corrected chi connectivity index (χ1v) is 14.6. The fourth-order valence-electron chi connectivity index (χ4n) is 4.69. The Balaban J connectivity index is 1.69. The summed E-state index contributed by atoms with van der Waals surface area (Å²) >= 11 is 3.50. The van der Waals surface area contributed by atoms with E-state index < -0.39 is 12.0 Å². The van der Waals surface area contributed by atoms with Crippen molar-refractivity contribution in [2.45, 2.75) is 26.0 Å². The number of nitrogens with zero attached hydrogens (tertiary/aromatic N) is 2. The molecule has 2 heterocycles. The zero-order valence-electron chi connectivity index (χ0n) is 22.2. The van der Waals surface area contributed by atoms with Crippen LogP contribution in [0.25, 0.3) is 6.08 Å². The second kappa shape index (κ2) is 12.2. The summed E-state index contributed by atoms with van der Waals surface area (Å²) in [5, 5.41) is 0. The predicted molar refractivity (Wildman–Crippen MR) is 163 cm³/mol. The maximum atomic E-state index is 14.0. The van der Waals surface area contributed by atoms with Gasteiger partial charge in [-0.25, -0.2) is 9.79 Å². The zero-order valence-corrected chi connectivity index (χ0v) is 25.2. The third-order valence-electron chi connectivity index (χ3n) is 6.55. The quantitative estimate of drug-likeness (QED) is 0.196. The van der Waals surface area contributed by atoms with E-state index in [-0.39, 0.29) is 5.56 Å². The standard InChI is InChI=1S/C31H27IN2O5S/c1-4-23-26(30(36)38-3)27(20-13-9-6-10-14-20)34-29(35)25(40-31(34)33-23)16-21-15-22(32)17-24(37-2)28(21)39-18-19-11-7-5-8-12-19/h5-17,27H,4,18H2,1-3H3/b25-16+/t27-/m1/s1. The number of methoxy groups -OCH3 is 2. The highest BCUT2D eigenvalue weighted by Crippen LogP contribution is 2.35. The number of benzene rings is 3. The molecule has 5 rings (SSSR count). The molecule has 4 aromatic rings.